The highest BCUT2D eigenvalue weighted by Gasteiger charge is 2.31. The maximum absolute atomic E-state index is 13.3. The number of halogens is 2. The van der Waals surface area contributed by atoms with Crippen molar-refractivity contribution in [3.8, 4) is 5.69 Å². The van der Waals surface area contributed by atoms with E-state index in [1.54, 1.807) is 49.4 Å². The fraction of sp³-hybridized carbons (Fsp3) is 0.200. The van der Waals surface area contributed by atoms with Gasteiger partial charge in [0.05, 0.1) is 21.8 Å². The highest BCUT2D eigenvalue weighted by Crippen LogP contribution is 2.28. The van der Waals surface area contributed by atoms with Gasteiger partial charge in [0.15, 0.2) is 5.16 Å². The van der Waals surface area contributed by atoms with Crippen LogP contribution in [0.3, 0.4) is 0 Å². The van der Waals surface area contributed by atoms with Crippen molar-refractivity contribution in [1.29, 1.82) is 0 Å². The normalized spacial score (nSPS) is 14.8. The molecule has 1 aromatic heterocycles. The number of carbonyl (C=O) groups excluding carboxylic acids is 2. The molecule has 30 heavy (non-hydrogen) atoms. The van der Waals surface area contributed by atoms with Crippen molar-refractivity contribution in [2.24, 2.45) is 0 Å². The van der Waals surface area contributed by atoms with Gasteiger partial charge in [-0.1, -0.05) is 41.0 Å². The maximum atomic E-state index is 13.3. The number of thioether (sulfide) groups is 1. The van der Waals surface area contributed by atoms with Crippen LogP contribution >= 0.6 is 35.0 Å². The summed E-state index contributed by atoms with van der Waals surface area (Å²) in [7, 11) is 0. The molecule has 1 atom stereocenters. The average Bonchev–Trinajstić information content (AvgIpc) is 3.13. The Morgan fingerprint density at radius 2 is 1.93 bits per heavy atom. The number of fused-ring (bicyclic) bond motifs is 1. The lowest BCUT2D eigenvalue weighted by molar-refractivity contribution is -0.126. The van der Waals surface area contributed by atoms with Gasteiger partial charge in [-0.3, -0.25) is 19.1 Å². The molecule has 0 saturated carbocycles. The first-order chi connectivity index (χ1) is 14.3. The van der Waals surface area contributed by atoms with E-state index in [-0.39, 0.29) is 11.5 Å². The molecule has 1 N–H and O–H groups in total. The number of amides is 3. The largest absolute Gasteiger partial charge is 0.336 e. The van der Waals surface area contributed by atoms with Crippen LogP contribution in [0, 0.1) is 0 Å². The van der Waals surface area contributed by atoms with Crippen LogP contribution in [0.15, 0.2) is 52.4 Å². The zero-order valence-corrected chi connectivity index (χ0v) is 18.1. The molecule has 1 fully saturated rings. The molecule has 154 valence electrons. The molecule has 1 aliphatic heterocycles. The Morgan fingerprint density at radius 3 is 2.63 bits per heavy atom. The van der Waals surface area contributed by atoms with Gasteiger partial charge in [0.2, 0.25) is 5.91 Å². The van der Waals surface area contributed by atoms with Gasteiger partial charge in [-0.05, 0) is 43.3 Å². The van der Waals surface area contributed by atoms with Gasteiger partial charge >= 0.3 is 6.03 Å². The lowest BCUT2D eigenvalue weighted by atomic mass is 10.2. The molecule has 0 radical (unpaired) electrons. The minimum atomic E-state index is -0.650. The van der Waals surface area contributed by atoms with Crippen LogP contribution in [0.5, 0.6) is 0 Å². The first-order valence-electron chi connectivity index (χ1n) is 9.09. The lowest BCUT2D eigenvalue weighted by Crippen LogP contribution is -2.39. The highest BCUT2D eigenvalue weighted by molar-refractivity contribution is 8.00. The van der Waals surface area contributed by atoms with Crippen LogP contribution in [0.1, 0.15) is 6.92 Å². The van der Waals surface area contributed by atoms with E-state index in [1.807, 2.05) is 0 Å². The van der Waals surface area contributed by atoms with Crippen LogP contribution in [-0.4, -0.2) is 44.7 Å². The summed E-state index contributed by atoms with van der Waals surface area (Å²) in [5.74, 6) is -0.354. The molecule has 3 aromatic rings. The second-order valence-electron chi connectivity index (χ2n) is 6.66. The Bertz CT molecular complexity index is 1230. The SMILES string of the molecule is CC(Sc1nc2cc(Cl)ccc2c(=O)n1-c1cccc(Cl)c1)C(=O)N1CCNC1=O. The van der Waals surface area contributed by atoms with E-state index in [9.17, 15) is 14.4 Å². The molecule has 2 aromatic carbocycles. The molecule has 1 saturated heterocycles. The summed E-state index contributed by atoms with van der Waals surface area (Å²) < 4.78 is 1.42. The van der Waals surface area contributed by atoms with Gasteiger partial charge < -0.3 is 5.32 Å². The molecule has 1 unspecified atom stereocenters. The number of benzene rings is 2. The van der Waals surface area contributed by atoms with E-state index in [0.29, 0.717) is 44.9 Å². The van der Waals surface area contributed by atoms with Crippen molar-refractivity contribution in [3.63, 3.8) is 0 Å². The van der Waals surface area contributed by atoms with Crippen LogP contribution in [0.4, 0.5) is 4.79 Å². The molecular formula is C20H16Cl2N4O3S. The first-order valence-corrected chi connectivity index (χ1v) is 10.7. The van der Waals surface area contributed by atoms with E-state index in [1.165, 1.54) is 4.57 Å². The number of hydrogen-bond donors (Lipinski definition) is 1. The van der Waals surface area contributed by atoms with Crippen LogP contribution in [0.2, 0.25) is 10.0 Å². The predicted octanol–water partition coefficient (Wildman–Crippen LogP) is 3.72. The van der Waals surface area contributed by atoms with E-state index >= 15 is 0 Å². The van der Waals surface area contributed by atoms with Gasteiger partial charge in [-0.2, -0.15) is 0 Å². The average molecular weight is 463 g/mol. The Balaban J connectivity index is 1.82. The fourth-order valence-corrected chi connectivity index (χ4v) is 4.51. The minimum Gasteiger partial charge on any atom is -0.336 e. The third-order valence-electron chi connectivity index (χ3n) is 4.62. The van der Waals surface area contributed by atoms with Crippen molar-refractivity contribution in [3.05, 3.63) is 62.9 Å². The molecule has 0 aliphatic carbocycles. The maximum Gasteiger partial charge on any atom is 0.324 e. The summed E-state index contributed by atoms with van der Waals surface area (Å²) in [4.78, 5) is 43.7. The summed E-state index contributed by atoms with van der Waals surface area (Å²) in [5.41, 5.74) is 0.643. The van der Waals surface area contributed by atoms with Crippen molar-refractivity contribution in [2.75, 3.05) is 13.1 Å². The van der Waals surface area contributed by atoms with E-state index < -0.39 is 11.3 Å². The van der Waals surface area contributed by atoms with Gasteiger partial charge in [-0.15, -0.1) is 0 Å². The number of urea groups is 1. The molecule has 7 nitrogen and oxygen atoms in total. The Morgan fingerprint density at radius 1 is 1.17 bits per heavy atom. The molecule has 10 heteroatoms. The van der Waals surface area contributed by atoms with Gasteiger partial charge in [0.1, 0.15) is 0 Å². The van der Waals surface area contributed by atoms with E-state index in [2.05, 4.69) is 10.3 Å². The van der Waals surface area contributed by atoms with Crippen LogP contribution in [-0.2, 0) is 4.79 Å². The summed E-state index contributed by atoms with van der Waals surface area (Å²) in [6.07, 6.45) is 0. The third-order valence-corrected chi connectivity index (χ3v) is 6.13. The summed E-state index contributed by atoms with van der Waals surface area (Å²) in [6, 6.07) is 11.2. The lowest BCUT2D eigenvalue weighted by Gasteiger charge is -2.19. The standard InChI is InChI=1S/C20H16Cl2N4O3S/c1-11(17(27)25-8-7-23-19(25)29)30-20-24-16-10-13(22)5-6-15(16)18(28)26(20)14-4-2-3-12(21)9-14/h2-6,9-11H,7-8H2,1H3,(H,23,29). The van der Waals surface area contributed by atoms with Crippen molar-refractivity contribution < 1.29 is 9.59 Å². The topological polar surface area (TPSA) is 84.3 Å². The molecule has 0 bridgehead atoms. The molecule has 4 rings (SSSR count). The second kappa shape index (κ2) is 8.29. The van der Waals surface area contributed by atoms with E-state index in [0.717, 1.165) is 16.7 Å². The zero-order chi connectivity index (χ0) is 21.4. The second-order valence-corrected chi connectivity index (χ2v) is 8.84. The van der Waals surface area contributed by atoms with Crippen molar-refractivity contribution in [2.45, 2.75) is 17.3 Å². The number of rotatable bonds is 4. The van der Waals surface area contributed by atoms with Crippen LogP contribution in [0.25, 0.3) is 16.6 Å². The predicted molar refractivity (Wildman–Crippen MR) is 118 cm³/mol. The third kappa shape index (κ3) is 3.90. The molecule has 3 amide bonds. The molecule has 0 spiro atoms. The number of hydrogen-bond acceptors (Lipinski definition) is 5. The van der Waals surface area contributed by atoms with Crippen LogP contribution < -0.4 is 10.9 Å². The Hall–Kier alpha value is -2.55. The molecular weight excluding hydrogens is 447 g/mol. The fourth-order valence-electron chi connectivity index (χ4n) is 3.17. The van der Waals surface area contributed by atoms with Gasteiger partial charge in [0.25, 0.3) is 5.56 Å². The summed E-state index contributed by atoms with van der Waals surface area (Å²) in [5, 5.41) is 3.56. The zero-order valence-electron chi connectivity index (χ0n) is 15.8. The van der Waals surface area contributed by atoms with Gasteiger partial charge in [0, 0.05) is 23.1 Å². The number of carbonyl (C=O) groups is 2. The number of aromatic nitrogens is 2. The summed E-state index contributed by atoms with van der Waals surface area (Å²) >= 11 is 13.3. The van der Waals surface area contributed by atoms with E-state index in [4.69, 9.17) is 23.2 Å². The number of nitrogens with one attached hydrogen (secondary N) is 1. The minimum absolute atomic E-state index is 0.303. The monoisotopic (exact) mass is 462 g/mol. The van der Waals surface area contributed by atoms with Gasteiger partial charge in [-0.25, -0.2) is 9.78 Å². The quantitative estimate of drug-likeness (QED) is 0.471. The smallest absolute Gasteiger partial charge is 0.324 e. The summed E-state index contributed by atoms with van der Waals surface area (Å²) in [6.45, 7) is 2.40. The van der Waals surface area contributed by atoms with Crippen molar-refractivity contribution >= 4 is 57.8 Å². The highest BCUT2D eigenvalue weighted by atomic mass is 35.5. The Labute approximate surface area is 186 Å². The number of imide groups is 1. The molecule has 2 heterocycles. The van der Waals surface area contributed by atoms with Crippen molar-refractivity contribution in [1.82, 2.24) is 19.8 Å². The number of nitrogens with zero attached hydrogens (tertiary/aromatic N) is 3. The first kappa shape index (κ1) is 20.7. The Kier molecular flexibility index (Phi) is 5.73. The molecule has 1 aliphatic rings.